The van der Waals surface area contributed by atoms with Gasteiger partial charge in [0.25, 0.3) is 0 Å². The summed E-state index contributed by atoms with van der Waals surface area (Å²) in [7, 11) is 0. The largest absolute Gasteiger partial charge is 0.448 e. The molecule has 0 saturated heterocycles. The predicted octanol–water partition coefficient (Wildman–Crippen LogP) is 2.27. The molecule has 110 valence electrons. The van der Waals surface area contributed by atoms with Gasteiger partial charge in [-0.3, -0.25) is 9.58 Å². The third kappa shape index (κ3) is 2.98. The minimum absolute atomic E-state index is 0.308. The van der Waals surface area contributed by atoms with Gasteiger partial charge in [0.1, 0.15) is 12.3 Å². The third-order valence-electron chi connectivity index (χ3n) is 3.66. The van der Waals surface area contributed by atoms with Gasteiger partial charge in [0.05, 0.1) is 11.4 Å². The molecule has 0 spiro atoms. The second-order valence-corrected chi connectivity index (χ2v) is 5.75. The Labute approximate surface area is 124 Å². The van der Waals surface area contributed by atoms with E-state index in [2.05, 4.69) is 34.9 Å². The first-order valence-corrected chi connectivity index (χ1v) is 7.29. The minimum atomic E-state index is 0.308. The van der Waals surface area contributed by atoms with E-state index in [1.54, 1.807) is 6.26 Å². The van der Waals surface area contributed by atoms with Crippen molar-refractivity contribution in [1.29, 1.82) is 5.26 Å². The van der Waals surface area contributed by atoms with E-state index in [1.165, 1.54) is 0 Å². The maximum absolute atomic E-state index is 8.95. The first-order valence-electron chi connectivity index (χ1n) is 7.29. The molecule has 1 aliphatic heterocycles. The first-order chi connectivity index (χ1) is 10.2. The topological polar surface area (TPSA) is 70.9 Å². The van der Waals surface area contributed by atoms with Crippen LogP contribution in [0.5, 0.6) is 0 Å². The predicted molar refractivity (Wildman–Crippen MR) is 76.3 cm³/mol. The van der Waals surface area contributed by atoms with Crippen LogP contribution in [-0.4, -0.2) is 26.2 Å². The Bertz CT molecular complexity index is 664. The molecule has 0 aromatic carbocycles. The molecule has 0 fully saturated rings. The van der Waals surface area contributed by atoms with E-state index in [4.69, 9.17) is 9.68 Å². The SMILES string of the molecule is CC(C)c1nc(CN2CCCn3nc(C#N)cc3C2)co1. The molecule has 0 saturated carbocycles. The van der Waals surface area contributed by atoms with Gasteiger partial charge < -0.3 is 4.42 Å². The van der Waals surface area contributed by atoms with Crippen LogP contribution < -0.4 is 0 Å². The van der Waals surface area contributed by atoms with Crippen molar-refractivity contribution < 1.29 is 4.42 Å². The Hall–Kier alpha value is -2.13. The number of hydrogen-bond acceptors (Lipinski definition) is 5. The Morgan fingerprint density at radius 3 is 3.00 bits per heavy atom. The van der Waals surface area contributed by atoms with Crippen molar-refractivity contribution in [1.82, 2.24) is 19.7 Å². The van der Waals surface area contributed by atoms with Crippen LogP contribution in [0, 0.1) is 11.3 Å². The summed E-state index contributed by atoms with van der Waals surface area (Å²) in [6, 6.07) is 3.98. The van der Waals surface area contributed by atoms with Gasteiger partial charge in [0, 0.05) is 32.1 Å². The number of rotatable bonds is 3. The molecule has 2 aromatic heterocycles. The zero-order chi connectivity index (χ0) is 14.8. The highest BCUT2D eigenvalue weighted by molar-refractivity contribution is 5.22. The van der Waals surface area contributed by atoms with Crippen molar-refractivity contribution in [2.24, 2.45) is 0 Å². The van der Waals surface area contributed by atoms with Gasteiger partial charge in [-0.15, -0.1) is 0 Å². The summed E-state index contributed by atoms with van der Waals surface area (Å²) in [6.07, 6.45) is 2.77. The number of fused-ring (bicyclic) bond motifs is 1. The molecule has 3 heterocycles. The Morgan fingerprint density at radius 2 is 2.29 bits per heavy atom. The summed E-state index contributed by atoms with van der Waals surface area (Å²) in [6.45, 7) is 7.56. The van der Waals surface area contributed by atoms with Crippen LogP contribution in [0.3, 0.4) is 0 Å². The molecule has 6 nitrogen and oxygen atoms in total. The zero-order valence-corrected chi connectivity index (χ0v) is 12.4. The molecule has 1 aliphatic rings. The van der Waals surface area contributed by atoms with Crippen LogP contribution in [0.15, 0.2) is 16.7 Å². The van der Waals surface area contributed by atoms with Crippen LogP contribution in [-0.2, 0) is 19.6 Å². The number of nitrogens with zero attached hydrogens (tertiary/aromatic N) is 5. The molecule has 3 rings (SSSR count). The van der Waals surface area contributed by atoms with E-state index in [-0.39, 0.29) is 0 Å². The van der Waals surface area contributed by atoms with Crippen molar-refractivity contribution in [3.05, 3.63) is 35.3 Å². The molecule has 0 amide bonds. The number of aryl methyl sites for hydroxylation is 1. The fraction of sp³-hybridized carbons (Fsp3) is 0.533. The van der Waals surface area contributed by atoms with E-state index >= 15 is 0 Å². The standard InChI is InChI=1S/C15H19N5O/c1-11(2)15-17-13(10-21-15)8-19-4-3-5-20-14(9-19)6-12(7-16)18-20/h6,10-11H,3-5,8-9H2,1-2H3. The third-order valence-corrected chi connectivity index (χ3v) is 3.66. The molecule has 0 bridgehead atoms. The van der Waals surface area contributed by atoms with E-state index in [0.717, 1.165) is 49.9 Å². The van der Waals surface area contributed by atoms with E-state index in [0.29, 0.717) is 11.6 Å². The van der Waals surface area contributed by atoms with Gasteiger partial charge in [-0.2, -0.15) is 10.4 Å². The van der Waals surface area contributed by atoms with Gasteiger partial charge in [0.15, 0.2) is 11.6 Å². The quantitative estimate of drug-likeness (QED) is 0.865. The lowest BCUT2D eigenvalue weighted by atomic mass is 10.2. The van der Waals surface area contributed by atoms with Crippen molar-refractivity contribution in [3.8, 4) is 6.07 Å². The van der Waals surface area contributed by atoms with Gasteiger partial charge >= 0.3 is 0 Å². The summed E-state index contributed by atoms with van der Waals surface area (Å²) < 4.78 is 7.44. The highest BCUT2D eigenvalue weighted by Crippen LogP contribution is 2.18. The first kappa shape index (κ1) is 13.8. The van der Waals surface area contributed by atoms with E-state index < -0.39 is 0 Å². The maximum Gasteiger partial charge on any atom is 0.196 e. The molecular formula is C15H19N5O. The van der Waals surface area contributed by atoms with Crippen molar-refractivity contribution in [3.63, 3.8) is 0 Å². The van der Waals surface area contributed by atoms with Gasteiger partial charge in [0.2, 0.25) is 0 Å². The molecule has 0 N–H and O–H groups in total. The molecule has 0 atom stereocenters. The highest BCUT2D eigenvalue weighted by atomic mass is 16.3. The van der Waals surface area contributed by atoms with E-state index in [1.807, 2.05) is 10.7 Å². The number of nitriles is 1. The smallest absolute Gasteiger partial charge is 0.196 e. The molecule has 0 unspecified atom stereocenters. The van der Waals surface area contributed by atoms with Crippen LogP contribution in [0.4, 0.5) is 0 Å². The average Bonchev–Trinajstić information content (AvgIpc) is 3.02. The Kier molecular flexibility index (Phi) is 3.76. The number of oxazole rings is 1. The lowest BCUT2D eigenvalue weighted by Crippen LogP contribution is -2.23. The van der Waals surface area contributed by atoms with Crippen LogP contribution >= 0.6 is 0 Å². The lowest BCUT2D eigenvalue weighted by molar-refractivity contribution is 0.257. The monoisotopic (exact) mass is 285 g/mol. The fourth-order valence-corrected chi connectivity index (χ4v) is 2.61. The number of aromatic nitrogens is 3. The normalized spacial score (nSPS) is 15.7. The second kappa shape index (κ2) is 5.70. The second-order valence-electron chi connectivity index (χ2n) is 5.75. The number of hydrogen-bond donors (Lipinski definition) is 0. The summed E-state index contributed by atoms with van der Waals surface area (Å²) in [5.41, 5.74) is 2.55. The summed E-state index contributed by atoms with van der Waals surface area (Å²) >= 11 is 0. The van der Waals surface area contributed by atoms with Crippen LogP contribution in [0.25, 0.3) is 0 Å². The minimum Gasteiger partial charge on any atom is -0.448 e. The summed E-state index contributed by atoms with van der Waals surface area (Å²) in [5.74, 6) is 1.10. The maximum atomic E-state index is 8.95. The fourth-order valence-electron chi connectivity index (χ4n) is 2.61. The molecule has 0 radical (unpaired) electrons. The van der Waals surface area contributed by atoms with Crippen LogP contribution in [0.1, 0.15) is 49.2 Å². The van der Waals surface area contributed by atoms with E-state index in [9.17, 15) is 0 Å². The average molecular weight is 285 g/mol. The van der Waals surface area contributed by atoms with Crippen LogP contribution in [0.2, 0.25) is 0 Å². The summed E-state index contributed by atoms with van der Waals surface area (Å²) in [5, 5.41) is 13.2. The zero-order valence-electron chi connectivity index (χ0n) is 12.4. The Morgan fingerprint density at radius 1 is 1.43 bits per heavy atom. The molecule has 6 heteroatoms. The summed E-state index contributed by atoms with van der Waals surface area (Å²) in [4.78, 5) is 6.85. The highest BCUT2D eigenvalue weighted by Gasteiger charge is 2.18. The van der Waals surface area contributed by atoms with Crippen molar-refractivity contribution >= 4 is 0 Å². The molecule has 2 aromatic rings. The Balaban J connectivity index is 1.72. The molecule has 0 aliphatic carbocycles. The van der Waals surface area contributed by atoms with Gasteiger partial charge in [-0.05, 0) is 12.5 Å². The van der Waals surface area contributed by atoms with Gasteiger partial charge in [-0.1, -0.05) is 13.8 Å². The van der Waals surface area contributed by atoms with Gasteiger partial charge in [-0.25, -0.2) is 4.98 Å². The molecular weight excluding hydrogens is 266 g/mol. The lowest BCUT2D eigenvalue weighted by Gasteiger charge is -2.17. The molecule has 21 heavy (non-hydrogen) atoms. The van der Waals surface area contributed by atoms with Crippen molar-refractivity contribution in [2.45, 2.75) is 45.8 Å². The van der Waals surface area contributed by atoms with Crippen molar-refractivity contribution in [2.75, 3.05) is 6.54 Å².